The molecule has 0 aliphatic rings. The Bertz CT molecular complexity index is 1080. The van der Waals surface area contributed by atoms with Crippen LogP contribution in [0.4, 0.5) is 10.1 Å². The minimum absolute atomic E-state index is 0.0214. The van der Waals surface area contributed by atoms with Gasteiger partial charge in [-0.1, -0.05) is 35.9 Å². The molecule has 0 atom stereocenters. The van der Waals surface area contributed by atoms with Crippen LogP contribution in [0, 0.1) is 12.7 Å². The maximum absolute atomic E-state index is 13.2. The van der Waals surface area contributed by atoms with E-state index in [0.717, 1.165) is 17.2 Å². The summed E-state index contributed by atoms with van der Waals surface area (Å²) < 4.78 is 40.3. The Morgan fingerprint density at radius 3 is 2.29 bits per heavy atom. The van der Waals surface area contributed by atoms with E-state index in [-0.39, 0.29) is 16.5 Å². The second kappa shape index (κ2) is 8.22. The number of aryl methyl sites for hydroxylation is 1. The highest BCUT2D eigenvalue weighted by molar-refractivity contribution is 7.92. The van der Waals surface area contributed by atoms with Gasteiger partial charge in [-0.3, -0.25) is 9.52 Å². The topological polar surface area (TPSA) is 75.3 Å². The summed E-state index contributed by atoms with van der Waals surface area (Å²) in [5.74, 6) is -0.844. The predicted molar refractivity (Wildman–Crippen MR) is 106 cm³/mol. The number of hydrogen-bond acceptors (Lipinski definition) is 3. The highest BCUT2D eigenvalue weighted by Crippen LogP contribution is 2.17. The van der Waals surface area contributed by atoms with Crippen molar-refractivity contribution in [2.24, 2.45) is 0 Å². The number of hydrogen-bond donors (Lipinski definition) is 2. The van der Waals surface area contributed by atoms with Gasteiger partial charge in [-0.15, -0.1) is 0 Å². The molecule has 3 aromatic carbocycles. The van der Waals surface area contributed by atoms with E-state index >= 15 is 0 Å². The van der Waals surface area contributed by atoms with Crippen LogP contribution in [0.5, 0.6) is 0 Å². The SMILES string of the molecule is Cc1ccc(CNC(=O)c2ccc(S(=O)(=O)Nc3cccc(F)c3)cc2)cc1. The van der Waals surface area contributed by atoms with Crippen molar-refractivity contribution in [1.29, 1.82) is 0 Å². The monoisotopic (exact) mass is 398 g/mol. The lowest BCUT2D eigenvalue weighted by Gasteiger charge is -2.09. The molecule has 7 heteroatoms. The van der Waals surface area contributed by atoms with Gasteiger partial charge in [0.15, 0.2) is 0 Å². The van der Waals surface area contributed by atoms with Crippen molar-refractivity contribution in [3.05, 3.63) is 95.3 Å². The molecule has 3 rings (SSSR count). The zero-order valence-electron chi connectivity index (χ0n) is 15.1. The number of benzene rings is 3. The van der Waals surface area contributed by atoms with Crippen LogP contribution in [-0.2, 0) is 16.6 Å². The van der Waals surface area contributed by atoms with Crippen LogP contribution in [0.3, 0.4) is 0 Å². The summed E-state index contributed by atoms with van der Waals surface area (Å²) in [5.41, 5.74) is 2.58. The first-order valence-corrected chi connectivity index (χ1v) is 10.0. The summed E-state index contributed by atoms with van der Waals surface area (Å²) in [7, 11) is -3.88. The van der Waals surface area contributed by atoms with Crippen LogP contribution in [0.15, 0.2) is 77.7 Å². The largest absolute Gasteiger partial charge is 0.348 e. The summed E-state index contributed by atoms with van der Waals surface area (Å²) in [6.07, 6.45) is 0. The molecule has 0 spiro atoms. The van der Waals surface area contributed by atoms with Crippen LogP contribution in [0.1, 0.15) is 21.5 Å². The van der Waals surface area contributed by atoms with E-state index in [4.69, 9.17) is 0 Å². The average Bonchev–Trinajstić information content (AvgIpc) is 2.67. The Hall–Kier alpha value is -3.19. The molecule has 0 fully saturated rings. The zero-order valence-corrected chi connectivity index (χ0v) is 16.0. The molecule has 0 aromatic heterocycles. The van der Waals surface area contributed by atoms with Gasteiger partial charge < -0.3 is 5.32 Å². The Labute approximate surface area is 163 Å². The molecule has 0 saturated carbocycles. The summed E-state index contributed by atoms with van der Waals surface area (Å²) in [6.45, 7) is 2.36. The van der Waals surface area contributed by atoms with Gasteiger partial charge in [0.1, 0.15) is 5.82 Å². The molecule has 144 valence electrons. The van der Waals surface area contributed by atoms with Gasteiger partial charge in [0, 0.05) is 12.1 Å². The van der Waals surface area contributed by atoms with E-state index in [1.165, 1.54) is 42.5 Å². The van der Waals surface area contributed by atoms with Crippen LogP contribution in [0.2, 0.25) is 0 Å². The van der Waals surface area contributed by atoms with E-state index in [2.05, 4.69) is 10.0 Å². The second-order valence-corrected chi connectivity index (χ2v) is 7.99. The molecule has 3 aromatic rings. The first-order valence-electron chi connectivity index (χ1n) is 8.56. The van der Waals surface area contributed by atoms with Crippen LogP contribution in [0.25, 0.3) is 0 Å². The van der Waals surface area contributed by atoms with Crippen LogP contribution in [-0.4, -0.2) is 14.3 Å². The quantitative estimate of drug-likeness (QED) is 0.662. The van der Waals surface area contributed by atoms with Crippen molar-refractivity contribution < 1.29 is 17.6 Å². The Morgan fingerprint density at radius 2 is 1.64 bits per heavy atom. The molecule has 0 radical (unpaired) electrons. The molecule has 0 aliphatic carbocycles. The van der Waals surface area contributed by atoms with Gasteiger partial charge >= 0.3 is 0 Å². The Morgan fingerprint density at radius 1 is 0.964 bits per heavy atom. The lowest BCUT2D eigenvalue weighted by atomic mass is 10.1. The normalized spacial score (nSPS) is 11.1. The molecule has 0 aliphatic heterocycles. The molecule has 28 heavy (non-hydrogen) atoms. The number of nitrogens with one attached hydrogen (secondary N) is 2. The molecular weight excluding hydrogens is 379 g/mol. The van der Waals surface area contributed by atoms with Gasteiger partial charge in [0.05, 0.1) is 10.6 Å². The van der Waals surface area contributed by atoms with E-state index < -0.39 is 15.8 Å². The average molecular weight is 398 g/mol. The third kappa shape index (κ3) is 4.95. The number of rotatable bonds is 6. The lowest BCUT2D eigenvalue weighted by Crippen LogP contribution is -2.23. The molecule has 1 amide bonds. The smallest absolute Gasteiger partial charge is 0.261 e. The summed E-state index contributed by atoms with van der Waals surface area (Å²) in [6, 6.07) is 18.5. The second-order valence-electron chi connectivity index (χ2n) is 6.31. The molecule has 0 heterocycles. The lowest BCUT2D eigenvalue weighted by molar-refractivity contribution is 0.0951. The van der Waals surface area contributed by atoms with E-state index in [9.17, 15) is 17.6 Å². The first-order chi connectivity index (χ1) is 13.3. The summed E-state index contributed by atoms with van der Waals surface area (Å²) >= 11 is 0. The van der Waals surface area contributed by atoms with Gasteiger partial charge in [0.25, 0.3) is 15.9 Å². The summed E-state index contributed by atoms with van der Waals surface area (Å²) in [5, 5.41) is 2.79. The highest BCUT2D eigenvalue weighted by Gasteiger charge is 2.15. The van der Waals surface area contributed by atoms with Crippen molar-refractivity contribution in [2.75, 3.05) is 4.72 Å². The first kappa shape index (κ1) is 19.6. The Kier molecular flexibility index (Phi) is 5.75. The van der Waals surface area contributed by atoms with E-state index in [1.54, 1.807) is 0 Å². The van der Waals surface area contributed by atoms with E-state index in [0.29, 0.717) is 12.1 Å². The van der Waals surface area contributed by atoms with Crippen LogP contribution >= 0.6 is 0 Å². The standard InChI is InChI=1S/C21H19FN2O3S/c1-15-5-7-16(8-6-15)14-23-21(25)17-9-11-20(12-10-17)28(26,27)24-19-4-2-3-18(22)13-19/h2-13,24H,14H2,1H3,(H,23,25). The predicted octanol–water partition coefficient (Wildman–Crippen LogP) is 3.86. The molecule has 5 nitrogen and oxygen atoms in total. The highest BCUT2D eigenvalue weighted by atomic mass is 32.2. The van der Waals surface area contributed by atoms with Crippen molar-refractivity contribution in [3.8, 4) is 0 Å². The minimum Gasteiger partial charge on any atom is -0.348 e. The minimum atomic E-state index is -3.88. The fourth-order valence-corrected chi connectivity index (χ4v) is 3.59. The molecule has 0 saturated heterocycles. The number of carbonyl (C=O) groups is 1. The van der Waals surface area contributed by atoms with Crippen molar-refractivity contribution in [2.45, 2.75) is 18.4 Å². The van der Waals surface area contributed by atoms with E-state index in [1.807, 2.05) is 31.2 Å². The molecule has 0 unspecified atom stereocenters. The van der Waals surface area contributed by atoms with Gasteiger partial charge in [-0.05, 0) is 55.0 Å². The Balaban J connectivity index is 1.66. The third-order valence-electron chi connectivity index (χ3n) is 4.08. The van der Waals surface area contributed by atoms with Gasteiger partial charge in [-0.2, -0.15) is 0 Å². The fourth-order valence-electron chi connectivity index (χ4n) is 2.54. The molecule has 0 bridgehead atoms. The molecular formula is C21H19FN2O3S. The number of carbonyl (C=O) groups excluding carboxylic acids is 1. The zero-order chi connectivity index (χ0) is 20.1. The summed E-state index contributed by atoms with van der Waals surface area (Å²) in [4.78, 5) is 12.2. The third-order valence-corrected chi connectivity index (χ3v) is 5.47. The van der Waals surface area contributed by atoms with Crippen LogP contribution < -0.4 is 10.0 Å². The van der Waals surface area contributed by atoms with Crippen molar-refractivity contribution in [3.63, 3.8) is 0 Å². The van der Waals surface area contributed by atoms with Crippen molar-refractivity contribution >= 4 is 21.6 Å². The molecule has 2 N–H and O–H groups in total. The maximum Gasteiger partial charge on any atom is 0.261 e. The number of sulfonamides is 1. The maximum atomic E-state index is 13.2. The van der Waals surface area contributed by atoms with Gasteiger partial charge in [0.2, 0.25) is 0 Å². The number of halogens is 1. The van der Waals surface area contributed by atoms with Gasteiger partial charge in [-0.25, -0.2) is 12.8 Å². The number of amides is 1. The van der Waals surface area contributed by atoms with Crippen molar-refractivity contribution in [1.82, 2.24) is 5.32 Å². The number of anilines is 1. The fraction of sp³-hybridized carbons (Fsp3) is 0.0952.